The van der Waals surface area contributed by atoms with Crippen molar-refractivity contribution in [2.45, 2.75) is 0 Å². The van der Waals surface area contributed by atoms with Crippen molar-refractivity contribution in [2.24, 2.45) is 0 Å². The number of phenolic OH excluding ortho intramolecular Hbond substituents is 5. The van der Waals surface area contributed by atoms with Crippen molar-refractivity contribution in [1.29, 1.82) is 0 Å². The molecule has 5 N–H and O–H groups in total. The van der Waals surface area contributed by atoms with Crippen molar-refractivity contribution >= 4 is 53.9 Å². The molecule has 0 radical (unpaired) electrons. The predicted octanol–water partition coefficient (Wildman–Crippen LogP) is 14.3. The van der Waals surface area contributed by atoms with E-state index in [1.807, 2.05) is 54.6 Å². The van der Waals surface area contributed by atoms with E-state index in [-0.39, 0.29) is 5.56 Å². The molecule has 0 unspecified atom stereocenters. The molecule has 290 valence electrons. The van der Waals surface area contributed by atoms with E-state index in [0.29, 0.717) is 16.3 Å². The SMILES string of the molecule is Oc1c(O)c(O)c(-c2c3ccccc3c(-c3ccc(-c4c5ccccc5c(-c5cccc6ccccc56)c5cc(-c6ccccc6)ccc45)cc3)c3ccccc23)c(O)c1O. The van der Waals surface area contributed by atoms with Gasteiger partial charge in [0.15, 0.2) is 11.5 Å². The quantitative estimate of drug-likeness (QED) is 0.0679. The Morgan fingerprint density at radius 1 is 0.213 bits per heavy atom. The molecule has 0 atom stereocenters. The highest BCUT2D eigenvalue weighted by atomic mass is 16.4. The smallest absolute Gasteiger partial charge is 0.208 e. The summed E-state index contributed by atoms with van der Waals surface area (Å²) in [6.07, 6.45) is 0. The Hall–Kier alpha value is -8.28. The number of aromatic hydroxyl groups is 5. The molecule has 0 aliphatic carbocycles. The van der Waals surface area contributed by atoms with Gasteiger partial charge >= 0.3 is 0 Å². The zero-order valence-corrected chi connectivity index (χ0v) is 32.6. The van der Waals surface area contributed by atoms with E-state index in [4.69, 9.17) is 0 Å². The summed E-state index contributed by atoms with van der Waals surface area (Å²) in [5.74, 6) is -4.30. The minimum atomic E-state index is -0.996. The summed E-state index contributed by atoms with van der Waals surface area (Å²) in [5.41, 5.74) is 9.03. The lowest BCUT2D eigenvalue weighted by molar-refractivity contribution is 0.330. The van der Waals surface area contributed by atoms with Crippen LogP contribution in [0.1, 0.15) is 0 Å². The van der Waals surface area contributed by atoms with Gasteiger partial charge in [-0.15, -0.1) is 0 Å². The van der Waals surface area contributed by atoms with E-state index < -0.39 is 28.7 Å². The lowest BCUT2D eigenvalue weighted by atomic mass is 9.83. The summed E-state index contributed by atoms with van der Waals surface area (Å²) in [6.45, 7) is 0. The van der Waals surface area contributed by atoms with Gasteiger partial charge in [0, 0.05) is 5.56 Å². The minimum absolute atomic E-state index is 0.178. The molecule has 5 heteroatoms. The monoisotopic (exact) mass is 788 g/mol. The van der Waals surface area contributed by atoms with Crippen molar-refractivity contribution in [3.05, 3.63) is 188 Å². The van der Waals surface area contributed by atoms with E-state index in [0.717, 1.165) is 54.9 Å². The molecule has 11 rings (SSSR count). The first-order chi connectivity index (χ1) is 29.9. The van der Waals surface area contributed by atoms with Crippen LogP contribution in [0.25, 0.3) is 109 Å². The van der Waals surface area contributed by atoms with Gasteiger partial charge in [0.2, 0.25) is 17.2 Å². The maximum absolute atomic E-state index is 11.2. The molecular formula is C56H36O5. The van der Waals surface area contributed by atoms with Crippen molar-refractivity contribution in [3.63, 3.8) is 0 Å². The largest absolute Gasteiger partial charge is 0.504 e. The molecule has 5 nitrogen and oxygen atoms in total. The summed E-state index contributed by atoms with van der Waals surface area (Å²) in [6, 6.07) is 65.2. The number of rotatable bonds is 5. The van der Waals surface area contributed by atoms with Gasteiger partial charge in [0.1, 0.15) is 0 Å². The third-order valence-electron chi connectivity index (χ3n) is 12.2. The van der Waals surface area contributed by atoms with E-state index in [2.05, 4.69) is 133 Å². The molecule has 11 aromatic carbocycles. The number of phenols is 5. The standard InChI is InChI=1S/C56H36O5/c57-52-51(53(58)55(60)56(61)54(52)59)50-43-22-10-7-19-40(43)47(41-20-8-11-23-44(41)50)34-25-27-35(28-26-34)48-39-18-6-9-21-42(39)49(38-24-12-16-33-15-4-5-17-37(33)38)46-31-36(29-30-45(46)48)32-13-2-1-3-14-32/h1-31,57-61H. The number of hydrogen-bond acceptors (Lipinski definition) is 5. The third kappa shape index (κ3) is 5.48. The third-order valence-corrected chi connectivity index (χ3v) is 12.2. The van der Waals surface area contributed by atoms with E-state index in [1.165, 1.54) is 32.7 Å². The summed E-state index contributed by atoms with van der Waals surface area (Å²) in [5, 5.41) is 63.7. The second-order valence-corrected chi connectivity index (χ2v) is 15.5. The molecule has 0 saturated heterocycles. The predicted molar refractivity (Wildman–Crippen MR) is 249 cm³/mol. The fourth-order valence-electron chi connectivity index (χ4n) is 9.47. The first-order valence-electron chi connectivity index (χ1n) is 20.1. The van der Waals surface area contributed by atoms with Gasteiger partial charge in [-0.3, -0.25) is 0 Å². The van der Waals surface area contributed by atoms with Crippen molar-refractivity contribution < 1.29 is 25.5 Å². The topological polar surface area (TPSA) is 101 Å². The normalized spacial score (nSPS) is 11.6. The van der Waals surface area contributed by atoms with Gasteiger partial charge < -0.3 is 25.5 Å². The van der Waals surface area contributed by atoms with Crippen molar-refractivity contribution in [1.82, 2.24) is 0 Å². The van der Waals surface area contributed by atoms with E-state index >= 15 is 0 Å². The first-order valence-corrected chi connectivity index (χ1v) is 20.1. The summed E-state index contributed by atoms with van der Waals surface area (Å²) in [4.78, 5) is 0. The Labute approximate surface area is 350 Å². The molecule has 0 aliphatic heterocycles. The Morgan fingerprint density at radius 2 is 0.607 bits per heavy atom. The molecule has 0 bridgehead atoms. The van der Waals surface area contributed by atoms with Crippen LogP contribution in [0.15, 0.2) is 188 Å². The van der Waals surface area contributed by atoms with Crippen LogP contribution in [-0.4, -0.2) is 25.5 Å². The van der Waals surface area contributed by atoms with Crippen LogP contribution >= 0.6 is 0 Å². The van der Waals surface area contributed by atoms with Crippen LogP contribution in [0.3, 0.4) is 0 Å². The Bertz CT molecular complexity index is 3480. The highest BCUT2D eigenvalue weighted by Gasteiger charge is 2.28. The summed E-state index contributed by atoms with van der Waals surface area (Å²) >= 11 is 0. The fourth-order valence-corrected chi connectivity index (χ4v) is 9.47. The minimum Gasteiger partial charge on any atom is -0.504 e. The van der Waals surface area contributed by atoms with Gasteiger partial charge in [-0.1, -0.05) is 182 Å². The van der Waals surface area contributed by atoms with Crippen LogP contribution < -0.4 is 0 Å². The van der Waals surface area contributed by atoms with Gasteiger partial charge in [-0.05, 0) is 104 Å². The maximum Gasteiger partial charge on any atom is 0.208 e. The van der Waals surface area contributed by atoms with Crippen molar-refractivity contribution in [2.75, 3.05) is 0 Å². The molecule has 11 aromatic rings. The number of fused-ring (bicyclic) bond motifs is 5. The average Bonchev–Trinajstić information content (AvgIpc) is 3.32. The molecule has 0 aromatic heterocycles. The zero-order chi connectivity index (χ0) is 41.4. The van der Waals surface area contributed by atoms with Crippen molar-refractivity contribution in [3.8, 4) is 84.4 Å². The van der Waals surface area contributed by atoms with Gasteiger partial charge in [0.25, 0.3) is 0 Å². The molecule has 0 fully saturated rings. The molecule has 0 heterocycles. The van der Waals surface area contributed by atoms with Crippen LogP contribution in [0, 0.1) is 0 Å². The molecule has 61 heavy (non-hydrogen) atoms. The van der Waals surface area contributed by atoms with Crippen LogP contribution in [0.5, 0.6) is 28.7 Å². The second kappa shape index (κ2) is 13.9. The number of hydrogen-bond donors (Lipinski definition) is 5. The average molecular weight is 789 g/mol. The van der Waals surface area contributed by atoms with Gasteiger partial charge in [-0.25, -0.2) is 0 Å². The lowest BCUT2D eigenvalue weighted by Crippen LogP contribution is -1.93. The van der Waals surface area contributed by atoms with E-state index in [1.54, 1.807) is 0 Å². The summed E-state index contributed by atoms with van der Waals surface area (Å²) in [7, 11) is 0. The lowest BCUT2D eigenvalue weighted by Gasteiger charge is -2.21. The van der Waals surface area contributed by atoms with Gasteiger partial charge in [-0.2, -0.15) is 0 Å². The highest BCUT2D eigenvalue weighted by molar-refractivity contribution is 6.25. The molecule has 0 aliphatic rings. The molecular weight excluding hydrogens is 753 g/mol. The van der Waals surface area contributed by atoms with Crippen LogP contribution in [-0.2, 0) is 0 Å². The maximum atomic E-state index is 11.2. The Balaban J connectivity index is 1.16. The Kier molecular flexibility index (Phi) is 8.19. The van der Waals surface area contributed by atoms with E-state index in [9.17, 15) is 25.5 Å². The first kappa shape index (κ1) is 35.8. The summed E-state index contributed by atoms with van der Waals surface area (Å²) < 4.78 is 0. The fraction of sp³-hybridized carbons (Fsp3) is 0. The molecule has 0 saturated carbocycles. The highest BCUT2D eigenvalue weighted by Crippen LogP contribution is 2.58. The zero-order valence-electron chi connectivity index (χ0n) is 32.6. The second-order valence-electron chi connectivity index (χ2n) is 15.5. The molecule has 0 amide bonds. The Morgan fingerprint density at radius 3 is 1.15 bits per heavy atom. The molecule has 0 spiro atoms. The van der Waals surface area contributed by atoms with Gasteiger partial charge in [0.05, 0.1) is 5.56 Å². The van der Waals surface area contributed by atoms with Crippen LogP contribution in [0.4, 0.5) is 0 Å². The van der Waals surface area contributed by atoms with Crippen LogP contribution in [0.2, 0.25) is 0 Å². The number of benzene rings is 11.